The average Bonchev–Trinajstić information content (AvgIpc) is 2.79. The molecule has 176 valence electrons. The number of methoxy groups -OCH3 is 1. The van der Waals surface area contributed by atoms with E-state index >= 15 is 0 Å². The zero-order valence-corrected chi connectivity index (χ0v) is 17.9. The monoisotopic (exact) mass is 463 g/mol. The van der Waals surface area contributed by atoms with Crippen molar-refractivity contribution < 1.29 is 27.5 Å². The summed E-state index contributed by atoms with van der Waals surface area (Å²) in [7, 11) is 1.36. The van der Waals surface area contributed by atoms with E-state index in [9.17, 15) is 22.8 Å². The van der Waals surface area contributed by atoms with E-state index in [2.05, 4.69) is 20.5 Å². The molecule has 3 rings (SSSR count). The number of nitrogens with one attached hydrogen (secondary N) is 3. The highest BCUT2D eigenvalue weighted by Crippen LogP contribution is 2.27. The molecule has 0 atom stereocenters. The Morgan fingerprint density at radius 3 is 2.67 bits per heavy atom. The number of nitrogens with zero attached hydrogens (tertiary/aromatic N) is 2. The normalized spacial score (nSPS) is 19.0. The van der Waals surface area contributed by atoms with Crippen LogP contribution < -0.4 is 10.6 Å². The van der Waals surface area contributed by atoms with Crippen molar-refractivity contribution in [2.24, 2.45) is 0 Å². The molecular weight excluding hydrogens is 439 g/mol. The van der Waals surface area contributed by atoms with E-state index in [1.165, 1.54) is 25.3 Å². The lowest BCUT2D eigenvalue weighted by molar-refractivity contribution is -0.141. The number of likely N-dealkylation sites (tertiary alicyclic amines) is 1. The minimum Gasteiger partial charge on any atom is -0.494 e. The molecule has 1 aromatic heterocycles. The molecule has 1 fully saturated rings. The van der Waals surface area contributed by atoms with Crippen LogP contribution in [0.25, 0.3) is 0 Å². The molecule has 2 heterocycles. The van der Waals surface area contributed by atoms with Crippen LogP contribution in [0, 0.1) is 5.41 Å². The first-order chi connectivity index (χ1) is 15.7. The molecule has 11 heteroatoms. The Morgan fingerprint density at radius 2 is 2.03 bits per heavy atom. The molecule has 1 aliphatic carbocycles. The van der Waals surface area contributed by atoms with Gasteiger partial charge in [-0.3, -0.25) is 9.69 Å². The summed E-state index contributed by atoms with van der Waals surface area (Å²) in [4.78, 5) is 28.6. The van der Waals surface area contributed by atoms with Crippen LogP contribution in [0.4, 0.5) is 13.2 Å². The topological polar surface area (TPSA) is 107 Å². The number of ether oxygens (including phenoxy) is 1. The molecule has 1 aromatic rings. The molecule has 1 saturated heterocycles. The van der Waals surface area contributed by atoms with Crippen LogP contribution in [0.2, 0.25) is 0 Å². The Balaban J connectivity index is 1.72. The number of allylic oxidation sites excluding steroid dienone is 3. The Hall–Kier alpha value is -3.47. The summed E-state index contributed by atoms with van der Waals surface area (Å²) in [5.74, 6) is -0.641. The Morgan fingerprint density at radius 1 is 1.30 bits per heavy atom. The SMILES string of the molecule is COC1=CC(=N)/C(=C\NC2CCN(CC=O)CC2)C=C1NC(=O)c1cccc(C(F)(F)F)n1. The number of piperidine rings is 1. The predicted molar refractivity (Wildman–Crippen MR) is 114 cm³/mol. The second-order valence-corrected chi connectivity index (χ2v) is 7.55. The number of hydrogen-bond acceptors (Lipinski definition) is 7. The van der Waals surface area contributed by atoms with Crippen molar-refractivity contribution in [3.8, 4) is 0 Å². The highest BCUT2D eigenvalue weighted by atomic mass is 19.4. The van der Waals surface area contributed by atoms with Crippen molar-refractivity contribution in [3.05, 3.63) is 65.0 Å². The smallest absolute Gasteiger partial charge is 0.433 e. The van der Waals surface area contributed by atoms with Crippen LogP contribution in [0.1, 0.15) is 29.0 Å². The van der Waals surface area contributed by atoms with E-state index in [0.29, 0.717) is 12.1 Å². The zero-order valence-electron chi connectivity index (χ0n) is 17.9. The fourth-order valence-electron chi connectivity index (χ4n) is 3.48. The zero-order chi connectivity index (χ0) is 24.0. The quantitative estimate of drug-likeness (QED) is 0.536. The molecule has 33 heavy (non-hydrogen) atoms. The summed E-state index contributed by atoms with van der Waals surface area (Å²) in [6.45, 7) is 1.98. The van der Waals surface area contributed by atoms with Crippen LogP contribution in [-0.2, 0) is 15.7 Å². The van der Waals surface area contributed by atoms with Gasteiger partial charge in [0, 0.05) is 37.0 Å². The van der Waals surface area contributed by atoms with E-state index < -0.39 is 23.5 Å². The van der Waals surface area contributed by atoms with E-state index in [-0.39, 0.29) is 23.2 Å². The van der Waals surface area contributed by atoms with E-state index in [4.69, 9.17) is 10.1 Å². The molecule has 0 aromatic carbocycles. The predicted octanol–water partition coefficient (Wildman–Crippen LogP) is 2.41. The third-order valence-corrected chi connectivity index (χ3v) is 5.29. The molecule has 0 spiro atoms. The summed E-state index contributed by atoms with van der Waals surface area (Å²) in [5, 5.41) is 14.0. The van der Waals surface area contributed by atoms with Crippen LogP contribution in [-0.4, -0.2) is 60.6 Å². The van der Waals surface area contributed by atoms with Crippen molar-refractivity contribution >= 4 is 17.9 Å². The van der Waals surface area contributed by atoms with Gasteiger partial charge in [-0.2, -0.15) is 13.2 Å². The van der Waals surface area contributed by atoms with Crippen molar-refractivity contribution in [1.82, 2.24) is 20.5 Å². The molecule has 0 bridgehead atoms. The fourth-order valence-corrected chi connectivity index (χ4v) is 3.48. The molecule has 1 aliphatic heterocycles. The van der Waals surface area contributed by atoms with Crippen LogP contribution in [0.3, 0.4) is 0 Å². The number of aromatic nitrogens is 1. The molecule has 8 nitrogen and oxygen atoms in total. The van der Waals surface area contributed by atoms with Gasteiger partial charge < -0.3 is 25.6 Å². The lowest BCUT2D eigenvalue weighted by Gasteiger charge is -2.31. The number of carbonyl (C=O) groups excluding carboxylic acids is 2. The van der Waals surface area contributed by atoms with Crippen LogP contribution in [0.15, 0.2) is 53.6 Å². The standard InChI is InChI=1S/C22H24F3N5O3/c1-33-19-12-16(26)14(13-27-15-5-7-30(8-6-15)9-10-31)11-18(19)29-21(32)17-3-2-4-20(28-17)22(23,24)25/h2-4,10-13,15,26-27H,5-9H2,1H3,(H,29,32)/b14-13-,26-16?. The number of carbonyl (C=O) groups is 2. The lowest BCUT2D eigenvalue weighted by atomic mass is 10.0. The van der Waals surface area contributed by atoms with Gasteiger partial charge in [0.25, 0.3) is 5.91 Å². The second kappa shape index (κ2) is 10.4. The minimum atomic E-state index is -4.67. The Labute approximate surface area is 188 Å². The number of alkyl halides is 3. The van der Waals surface area contributed by atoms with Crippen molar-refractivity contribution in [3.63, 3.8) is 0 Å². The second-order valence-electron chi connectivity index (χ2n) is 7.55. The van der Waals surface area contributed by atoms with Gasteiger partial charge in [-0.15, -0.1) is 0 Å². The number of halogens is 3. The van der Waals surface area contributed by atoms with Gasteiger partial charge in [0.05, 0.1) is 25.1 Å². The summed E-state index contributed by atoms with van der Waals surface area (Å²) < 4.78 is 43.9. The van der Waals surface area contributed by atoms with Gasteiger partial charge in [0.15, 0.2) is 0 Å². The number of pyridine rings is 1. The first-order valence-electron chi connectivity index (χ1n) is 10.3. The molecular formula is C22H24F3N5O3. The third-order valence-electron chi connectivity index (χ3n) is 5.29. The maximum absolute atomic E-state index is 12.9. The van der Waals surface area contributed by atoms with E-state index in [1.54, 1.807) is 6.20 Å². The maximum Gasteiger partial charge on any atom is 0.433 e. The van der Waals surface area contributed by atoms with Gasteiger partial charge in [0.1, 0.15) is 23.4 Å². The number of aldehydes is 1. The van der Waals surface area contributed by atoms with Crippen molar-refractivity contribution in [2.75, 3.05) is 26.7 Å². The molecule has 0 radical (unpaired) electrons. The van der Waals surface area contributed by atoms with Crippen LogP contribution >= 0.6 is 0 Å². The van der Waals surface area contributed by atoms with Gasteiger partial charge >= 0.3 is 6.18 Å². The summed E-state index contributed by atoms with van der Waals surface area (Å²) >= 11 is 0. The number of hydrogen-bond donors (Lipinski definition) is 3. The lowest BCUT2D eigenvalue weighted by Crippen LogP contribution is -2.41. The fraction of sp³-hybridized carbons (Fsp3) is 0.364. The molecule has 3 N–H and O–H groups in total. The van der Waals surface area contributed by atoms with Crippen molar-refractivity contribution in [1.29, 1.82) is 5.41 Å². The maximum atomic E-state index is 12.9. The number of rotatable bonds is 7. The van der Waals surface area contributed by atoms with Gasteiger partial charge in [-0.1, -0.05) is 6.07 Å². The van der Waals surface area contributed by atoms with Crippen molar-refractivity contribution in [2.45, 2.75) is 25.1 Å². The largest absolute Gasteiger partial charge is 0.494 e. The van der Waals surface area contributed by atoms with E-state index in [1.807, 2.05) is 0 Å². The Kier molecular flexibility index (Phi) is 7.64. The third kappa shape index (κ3) is 6.28. The highest BCUT2D eigenvalue weighted by molar-refractivity contribution is 6.10. The summed E-state index contributed by atoms with van der Waals surface area (Å²) in [5.41, 5.74) is -0.744. The summed E-state index contributed by atoms with van der Waals surface area (Å²) in [6.07, 6.45) is 2.47. The Bertz CT molecular complexity index is 1010. The minimum absolute atomic E-state index is 0.146. The molecule has 2 aliphatic rings. The molecule has 0 saturated carbocycles. The van der Waals surface area contributed by atoms with Gasteiger partial charge in [-0.25, -0.2) is 4.98 Å². The average molecular weight is 463 g/mol. The first kappa shape index (κ1) is 24.2. The first-order valence-corrected chi connectivity index (χ1v) is 10.3. The highest BCUT2D eigenvalue weighted by Gasteiger charge is 2.33. The van der Waals surface area contributed by atoms with Gasteiger partial charge in [-0.05, 0) is 31.1 Å². The van der Waals surface area contributed by atoms with Gasteiger partial charge in [0.2, 0.25) is 0 Å². The molecule has 1 amide bonds. The van der Waals surface area contributed by atoms with Crippen LogP contribution in [0.5, 0.6) is 0 Å². The summed E-state index contributed by atoms with van der Waals surface area (Å²) in [6, 6.07) is 3.25. The number of amides is 1. The molecule has 0 unspecified atom stereocenters. The van der Waals surface area contributed by atoms with E-state index in [0.717, 1.165) is 44.4 Å².